The first kappa shape index (κ1) is 22.3. The maximum atomic E-state index is 13.4. The molecule has 31 heavy (non-hydrogen) atoms. The van der Waals surface area contributed by atoms with Crippen LogP contribution in [-0.4, -0.2) is 59.5 Å². The van der Waals surface area contributed by atoms with Crippen LogP contribution >= 0.6 is 0 Å². The summed E-state index contributed by atoms with van der Waals surface area (Å²) in [4.78, 5) is 30.5. The van der Waals surface area contributed by atoms with Crippen LogP contribution in [0.5, 0.6) is 0 Å². The van der Waals surface area contributed by atoms with Crippen molar-refractivity contribution in [2.24, 2.45) is 11.8 Å². The minimum Gasteiger partial charge on any atom is -0.376 e. The lowest BCUT2D eigenvalue weighted by atomic mass is 9.81. The van der Waals surface area contributed by atoms with Crippen LogP contribution in [0.3, 0.4) is 0 Å². The Balaban J connectivity index is 1.29. The Morgan fingerprint density at radius 3 is 2.68 bits per heavy atom. The summed E-state index contributed by atoms with van der Waals surface area (Å²) in [5.74, 6) is 1.12. The van der Waals surface area contributed by atoms with E-state index in [0.29, 0.717) is 30.9 Å². The first-order chi connectivity index (χ1) is 14.9. The van der Waals surface area contributed by atoms with Crippen molar-refractivity contribution in [2.75, 3.05) is 26.2 Å². The van der Waals surface area contributed by atoms with Gasteiger partial charge in [0, 0.05) is 44.6 Å². The molecule has 3 atom stereocenters. The number of hydrogen-bond acceptors (Lipinski definition) is 3. The lowest BCUT2D eigenvalue weighted by molar-refractivity contribution is -0.153. The highest BCUT2D eigenvalue weighted by atomic mass is 16.5. The number of rotatable bonds is 5. The topological polar surface area (TPSA) is 49.9 Å². The zero-order valence-corrected chi connectivity index (χ0v) is 19.2. The maximum absolute atomic E-state index is 13.4. The SMILES string of the molecule is CC1(C)C[C@H](C(=O)N2CCC[C@@H]3CN(C(=O)CCCc4ccccc4)CC[C@@H]32)CCO1. The molecule has 0 saturated carbocycles. The summed E-state index contributed by atoms with van der Waals surface area (Å²) >= 11 is 0. The highest BCUT2D eigenvalue weighted by molar-refractivity contribution is 5.80. The molecule has 0 aliphatic carbocycles. The van der Waals surface area contributed by atoms with Gasteiger partial charge in [-0.1, -0.05) is 30.3 Å². The summed E-state index contributed by atoms with van der Waals surface area (Å²) in [6.07, 6.45) is 7.22. The number of nitrogens with zero attached hydrogens (tertiary/aromatic N) is 2. The second-order valence-corrected chi connectivity index (χ2v) is 10.3. The van der Waals surface area contributed by atoms with Crippen molar-refractivity contribution < 1.29 is 14.3 Å². The molecule has 170 valence electrons. The molecule has 0 N–H and O–H groups in total. The van der Waals surface area contributed by atoms with E-state index in [1.54, 1.807) is 0 Å². The van der Waals surface area contributed by atoms with Crippen molar-refractivity contribution in [1.82, 2.24) is 9.80 Å². The van der Waals surface area contributed by atoms with E-state index in [4.69, 9.17) is 4.74 Å². The highest BCUT2D eigenvalue weighted by Gasteiger charge is 2.42. The van der Waals surface area contributed by atoms with Crippen molar-refractivity contribution in [2.45, 2.75) is 76.9 Å². The van der Waals surface area contributed by atoms with Crippen LogP contribution in [0.2, 0.25) is 0 Å². The number of fused-ring (bicyclic) bond motifs is 1. The van der Waals surface area contributed by atoms with Gasteiger partial charge in [0.2, 0.25) is 11.8 Å². The summed E-state index contributed by atoms with van der Waals surface area (Å²) in [7, 11) is 0. The van der Waals surface area contributed by atoms with Gasteiger partial charge in [-0.25, -0.2) is 0 Å². The van der Waals surface area contributed by atoms with Gasteiger partial charge in [0.25, 0.3) is 0 Å². The Hall–Kier alpha value is -1.88. The molecule has 5 heteroatoms. The average molecular weight is 427 g/mol. The van der Waals surface area contributed by atoms with Crippen molar-refractivity contribution >= 4 is 11.8 Å². The maximum Gasteiger partial charge on any atom is 0.226 e. The molecule has 3 fully saturated rings. The molecule has 0 bridgehead atoms. The van der Waals surface area contributed by atoms with E-state index in [2.05, 4.69) is 47.9 Å². The molecule has 5 nitrogen and oxygen atoms in total. The zero-order valence-electron chi connectivity index (χ0n) is 19.2. The van der Waals surface area contributed by atoms with Crippen LogP contribution < -0.4 is 0 Å². The van der Waals surface area contributed by atoms with Gasteiger partial charge in [-0.05, 0) is 70.3 Å². The van der Waals surface area contributed by atoms with Crippen LogP contribution in [0, 0.1) is 11.8 Å². The molecule has 2 amide bonds. The molecule has 0 aromatic heterocycles. The molecule has 3 saturated heterocycles. The normalized spacial score (nSPS) is 28.1. The monoisotopic (exact) mass is 426 g/mol. The van der Waals surface area contributed by atoms with Gasteiger partial charge in [-0.15, -0.1) is 0 Å². The Morgan fingerprint density at radius 2 is 1.90 bits per heavy atom. The first-order valence-electron chi connectivity index (χ1n) is 12.2. The molecular formula is C26H38N2O3. The number of piperidine rings is 2. The number of aryl methyl sites for hydroxylation is 1. The van der Waals surface area contributed by atoms with Gasteiger partial charge < -0.3 is 14.5 Å². The van der Waals surface area contributed by atoms with E-state index < -0.39 is 0 Å². The van der Waals surface area contributed by atoms with Gasteiger partial charge >= 0.3 is 0 Å². The lowest BCUT2D eigenvalue weighted by Crippen LogP contribution is -2.58. The largest absolute Gasteiger partial charge is 0.376 e. The van der Waals surface area contributed by atoms with Crippen LogP contribution in [-0.2, 0) is 20.7 Å². The predicted octanol–water partition coefficient (Wildman–Crippen LogP) is 4.05. The number of amides is 2. The number of carbonyl (C=O) groups is 2. The number of hydrogen-bond donors (Lipinski definition) is 0. The molecule has 0 radical (unpaired) electrons. The fourth-order valence-electron chi connectivity index (χ4n) is 5.83. The van der Waals surface area contributed by atoms with Crippen molar-refractivity contribution in [3.8, 4) is 0 Å². The molecular weight excluding hydrogens is 388 g/mol. The summed E-state index contributed by atoms with van der Waals surface area (Å²) in [6.45, 7) is 7.34. The second-order valence-electron chi connectivity index (χ2n) is 10.3. The van der Waals surface area contributed by atoms with Gasteiger partial charge in [0.15, 0.2) is 0 Å². The highest BCUT2D eigenvalue weighted by Crippen LogP contribution is 2.35. The summed E-state index contributed by atoms with van der Waals surface area (Å²) < 4.78 is 5.83. The van der Waals surface area contributed by atoms with Crippen molar-refractivity contribution in [1.29, 1.82) is 0 Å². The third-order valence-corrected chi connectivity index (χ3v) is 7.45. The van der Waals surface area contributed by atoms with E-state index in [-0.39, 0.29) is 17.4 Å². The summed E-state index contributed by atoms with van der Waals surface area (Å²) in [5.41, 5.74) is 1.09. The van der Waals surface area contributed by atoms with Crippen LogP contribution in [0.1, 0.15) is 64.4 Å². The third kappa shape index (κ3) is 5.49. The third-order valence-electron chi connectivity index (χ3n) is 7.45. The minimum atomic E-state index is -0.205. The zero-order chi connectivity index (χ0) is 21.8. The van der Waals surface area contributed by atoms with Crippen LogP contribution in [0.4, 0.5) is 0 Å². The molecule has 0 unspecified atom stereocenters. The molecule has 3 aliphatic heterocycles. The quantitative estimate of drug-likeness (QED) is 0.714. The Morgan fingerprint density at radius 1 is 1.10 bits per heavy atom. The summed E-state index contributed by atoms with van der Waals surface area (Å²) in [5, 5.41) is 0. The number of carbonyl (C=O) groups excluding carboxylic acids is 2. The smallest absolute Gasteiger partial charge is 0.226 e. The molecule has 1 aromatic rings. The van der Waals surface area contributed by atoms with Gasteiger partial charge in [-0.3, -0.25) is 9.59 Å². The van der Waals surface area contributed by atoms with E-state index in [9.17, 15) is 9.59 Å². The average Bonchev–Trinajstić information content (AvgIpc) is 2.77. The van der Waals surface area contributed by atoms with Crippen LogP contribution in [0.15, 0.2) is 30.3 Å². The number of ether oxygens (including phenoxy) is 1. The Kier molecular flexibility index (Phi) is 7.00. The van der Waals surface area contributed by atoms with Gasteiger partial charge in [-0.2, -0.15) is 0 Å². The van der Waals surface area contributed by atoms with Gasteiger partial charge in [0.1, 0.15) is 0 Å². The van der Waals surface area contributed by atoms with Crippen molar-refractivity contribution in [3.63, 3.8) is 0 Å². The van der Waals surface area contributed by atoms with E-state index in [1.807, 2.05) is 6.07 Å². The fraction of sp³-hybridized carbons (Fsp3) is 0.692. The molecule has 4 rings (SSSR count). The van der Waals surface area contributed by atoms with E-state index in [1.165, 1.54) is 5.56 Å². The Labute approximate surface area is 187 Å². The lowest BCUT2D eigenvalue weighted by Gasteiger charge is -2.49. The van der Waals surface area contributed by atoms with Gasteiger partial charge in [0.05, 0.1) is 5.60 Å². The molecule has 3 heterocycles. The molecule has 1 aromatic carbocycles. The second kappa shape index (κ2) is 9.72. The Bertz CT molecular complexity index is 763. The fourth-order valence-corrected chi connectivity index (χ4v) is 5.83. The first-order valence-corrected chi connectivity index (χ1v) is 12.2. The minimum absolute atomic E-state index is 0.0835. The van der Waals surface area contributed by atoms with Crippen molar-refractivity contribution in [3.05, 3.63) is 35.9 Å². The standard InChI is InChI=1S/C26H38N2O3/c1-26(2)18-21(14-17-31-26)25(30)28-15-7-11-22-19-27(16-13-23(22)28)24(29)12-6-10-20-8-4-3-5-9-20/h3-5,8-9,21-23H,6-7,10-19H2,1-2H3/t21-,22-,23+/m1/s1. The van der Waals surface area contributed by atoms with E-state index in [0.717, 1.165) is 64.6 Å². The number of benzene rings is 1. The predicted molar refractivity (Wildman–Crippen MR) is 122 cm³/mol. The molecule has 0 spiro atoms. The van der Waals surface area contributed by atoms with E-state index >= 15 is 0 Å². The molecule has 3 aliphatic rings. The summed E-state index contributed by atoms with van der Waals surface area (Å²) in [6, 6.07) is 10.7. The number of likely N-dealkylation sites (tertiary alicyclic amines) is 2. The van der Waals surface area contributed by atoms with Crippen LogP contribution in [0.25, 0.3) is 0 Å².